The first-order valence-corrected chi connectivity index (χ1v) is 6.99. The number of thiophene rings is 1. The Labute approximate surface area is 108 Å². The molecule has 4 heteroatoms. The van der Waals surface area contributed by atoms with Crippen LogP contribution in [0.15, 0.2) is 12.1 Å². The molecule has 0 spiro atoms. The van der Waals surface area contributed by atoms with E-state index in [1.54, 1.807) is 0 Å². The number of carbonyl (C=O) groups excluding carboxylic acids is 1. The summed E-state index contributed by atoms with van der Waals surface area (Å²) in [5, 5.41) is 6.10. The topological polar surface area (TPSA) is 41.1 Å². The van der Waals surface area contributed by atoms with Crippen LogP contribution in [0.25, 0.3) is 0 Å². The minimum absolute atomic E-state index is 0.0843. The first kappa shape index (κ1) is 14.2. The smallest absolute Gasteiger partial charge is 0.233 e. The van der Waals surface area contributed by atoms with Crippen molar-refractivity contribution in [3.63, 3.8) is 0 Å². The molecule has 3 nitrogen and oxygen atoms in total. The first-order chi connectivity index (χ1) is 8.11. The van der Waals surface area contributed by atoms with E-state index in [-0.39, 0.29) is 5.91 Å². The molecule has 2 N–H and O–H groups in total. The van der Waals surface area contributed by atoms with Crippen molar-refractivity contribution >= 4 is 17.2 Å². The molecule has 1 atom stereocenters. The summed E-state index contributed by atoms with van der Waals surface area (Å²) in [4.78, 5) is 14.1. The molecule has 0 aromatic carbocycles. The van der Waals surface area contributed by atoms with E-state index in [1.165, 1.54) is 9.75 Å². The van der Waals surface area contributed by atoms with Gasteiger partial charge < -0.3 is 10.6 Å². The van der Waals surface area contributed by atoms with E-state index >= 15 is 0 Å². The lowest BCUT2D eigenvalue weighted by Crippen LogP contribution is -2.38. The molecule has 0 saturated heterocycles. The Morgan fingerprint density at radius 2 is 2.24 bits per heavy atom. The number of hydrogen-bond acceptors (Lipinski definition) is 3. The predicted molar refractivity (Wildman–Crippen MR) is 73.5 cm³/mol. The van der Waals surface area contributed by atoms with E-state index in [0.29, 0.717) is 12.6 Å². The van der Waals surface area contributed by atoms with Gasteiger partial charge in [-0.2, -0.15) is 0 Å². The maximum Gasteiger partial charge on any atom is 0.233 e. The quantitative estimate of drug-likeness (QED) is 0.782. The van der Waals surface area contributed by atoms with Gasteiger partial charge in [0, 0.05) is 22.3 Å². The molecule has 1 rings (SSSR count). The molecule has 0 bridgehead atoms. The van der Waals surface area contributed by atoms with Crippen LogP contribution in [-0.2, 0) is 11.2 Å². The number of carbonyl (C=O) groups is 1. The third kappa shape index (κ3) is 5.84. The van der Waals surface area contributed by atoms with Crippen molar-refractivity contribution in [2.45, 2.75) is 39.7 Å². The highest BCUT2D eigenvalue weighted by atomic mass is 32.1. The molecule has 1 amide bonds. The Kier molecular flexibility index (Phi) is 6.22. The maximum atomic E-state index is 11.4. The highest BCUT2D eigenvalue weighted by molar-refractivity contribution is 7.11. The zero-order chi connectivity index (χ0) is 12.7. The van der Waals surface area contributed by atoms with Gasteiger partial charge in [0.1, 0.15) is 0 Å². The fourth-order valence-electron chi connectivity index (χ4n) is 1.56. The number of hydrogen-bond donors (Lipinski definition) is 2. The van der Waals surface area contributed by atoms with Gasteiger partial charge in [0.05, 0.1) is 6.54 Å². The SMILES string of the molecule is CCCNC(=O)CNC(C)Cc1ccc(C)s1. The highest BCUT2D eigenvalue weighted by Crippen LogP contribution is 2.16. The monoisotopic (exact) mass is 254 g/mol. The van der Waals surface area contributed by atoms with Gasteiger partial charge in [0.15, 0.2) is 0 Å². The maximum absolute atomic E-state index is 11.4. The Balaban J connectivity index is 2.21. The normalized spacial score (nSPS) is 12.4. The van der Waals surface area contributed by atoms with Crippen LogP contribution < -0.4 is 10.6 Å². The van der Waals surface area contributed by atoms with Crippen LogP contribution in [0.4, 0.5) is 0 Å². The first-order valence-electron chi connectivity index (χ1n) is 6.17. The number of aryl methyl sites for hydroxylation is 1. The zero-order valence-electron chi connectivity index (χ0n) is 10.9. The lowest BCUT2D eigenvalue weighted by atomic mass is 10.2. The molecule has 1 unspecified atom stereocenters. The van der Waals surface area contributed by atoms with Gasteiger partial charge in [0.25, 0.3) is 0 Å². The molecule has 0 radical (unpaired) electrons. The molecule has 1 heterocycles. The standard InChI is InChI=1S/C13H22N2OS/c1-4-7-14-13(16)9-15-10(2)8-12-6-5-11(3)17-12/h5-6,10,15H,4,7-9H2,1-3H3,(H,14,16). The van der Waals surface area contributed by atoms with Crippen molar-refractivity contribution in [2.75, 3.05) is 13.1 Å². The molecule has 96 valence electrons. The van der Waals surface area contributed by atoms with Gasteiger partial charge in [-0.05, 0) is 38.8 Å². The zero-order valence-corrected chi connectivity index (χ0v) is 11.7. The van der Waals surface area contributed by atoms with Crippen molar-refractivity contribution in [3.05, 3.63) is 21.9 Å². The molecule has 0 aliphatic carbocycles. The molecular formula is C13H22N2OS. The number of nitrogens with one attached hydrogen (secondary N) is 2. The van der Waals surface area contributed by atoms with Gasteiger partial charge in [0.2, 0.25) is 5.91 Å². The Morgan fingerprint density at radius 3 is 2.82 bits per heavy atom. The largest absolute Gasteiger partial charge is 0.355 e. The van der Waals surface area contributed by atoms with E-state index in [4.69, 9.17) is 0 Å². The van der Waals surface area contributed by atoms with Crippen LogP contribution in [0.3, 0.4) is 0 Å². The fourth-order valence-corrected chi connectivity index (χ4v) is 2.58. The molecule has 1 aromatic rings. The molecule has 0 fully saturated rings. The van der Waals surface area contributed by atoms with Crippen molar-refractivity contribution < 1.29 is 4.79 Å². The van der Waals surface area contributed by atoms with Crippen LogP contribution in [0.2, 0.25) is 0 Å². The van der Waals surface area contributed by atoms with Crippen LogP contribution in [-0.4, -0.2) is 25.0 Å². The van der Waals surface area contributed by atoms with Crippen LogP contribution in [0.5, 0.6) is 0 Å². The summed E-state index contributed by atoms with van der Waals surface area (Å²) in [7, 11) is 0. The van der Waals surface area contributed by atoms with E-state index in [9.17, 15) is 4.79 Å². The van der Waals surface area contributed by atoms with Crippen LogP contribution >= 0.6 is 11.3 Å². The molecule has 17 heavy (non-hydrogen) atoms. The lowest BCUT2D eigenvalue weighted by molar-refractivity contribution is -0.120. The number of rotatable bonds is 7. The van der Waals surface area contributed by atoms with Gasteiger partial charge in [-0.25, -0.2) is 0 Å². The summed E-state index contributed by atoms with van der Waals surface area (Å²) >= 11 is 1.82. The third-order valence-electron chi connectivity index (χ3n) is 2.49. The van der Waals surface area contributed by atoms with Gasteiger partial charge in [-0.1, -0.05) is 6.92 Å². The Morgan fingerprint density at radius 1 is 1.47 bits per heavy atom. The van der Waals surface area contributed by atoms with Gasteiger partial charge >= 0.3 is 0 Å². The second kappa shape index (κ2) is 7.45. The lowest BCUT2D eigenvalue weighted by Gasteiger charge is -2.12. The average Bonchev–Trinajstić information content (AvgIpc) is 2.69. The summed E-state index contributed by atoms with van der Waals surface area (Å²) in [5.41, 5.74) is 0. The molecule has 0 aliphatic heterocycles. The van der Waals surface area contributed by atoms with E-state index in [1.807, 2.05) is 11.3 Å². The second-order valence-corrected chi connectivity index (χ2v) is 5.72. The van der Waals surface area contributed by atoms with Crippen molar-refractivity contribution in [2.24, 2.45) is 0 Å². The summed E-state index contributed by atoms with van der Waals surface area (Å²) in [6.07, 6.45) is 1.97. The predicted octanol–water partition coefficient (Wildman–Crippen LogP) is 2.10. The Hall–Kier alpha value is -0.870. The summed E-state index contributed by atoms with van der Waals surface area (Å²) in [5.74, 6) is 0.0843. The molecular weight excluding hydrogens is 232 g/mol. The van der Waals surface area contributed by atoms with Crippen molar-refractivity contribution in [1.29, 1.82) is 0 Å². The second-order valence-electron chi connectivity index (χ2n) is 4.35. The molecule has 0 aliphatic rings. The van der Waals surface area contributed by atoms with Gasteiger partial charge in [-0.3, -0.25) is 4.79 Å². The van der Waals surface area contributed by atoms with E-state index in [2.05, 4.69) is 43.5 Å². The van der Waals surface area contributed by atoms with Crippen LogP contribution in [0.1, 0.15) is 30.0 Å². The summed E-state index contributed by atoms with van der Waals surface area (Å²) < 4.78 is 0. The molecule has 0 saturated carbocycles. The van der Waals surface area contributed by atoms with E-state index in [0.717, 1.165) is 19.4 Å². The van der Waals surface area contributed by atoms with Crippen LogP contribution in [0, 0.1) is 6.92 Å². The summed E-state index contributed by atoms with van der Waals surface area (Å²) in [6.45, 7) is 7.45. The fraction of sp³-hybridized carbons (Fsp3) is 0.615. The Bertz CT molecular complexity index is 349. The molecule has 1 aromatic heterocycles. The van der Waals surface area contributed by atoms with Crippen molar-refractivity contribution in [1.82, 2.24) is 10.6 Å². The third-order valence-corrected chi connectivity index (χ3v) is 3.51. The minimum atomic E-state index is 0.0843. The average molecular weight is 254 g/mol. The summed E-state index contributed by atoms with van der Waals surface area (Å²) in [6, 6.07) is 4.64. The minimum Gasteiger partial charge on any atom is -0.355 e. The number of amides is 1. The highest BCUT2D eigenvalue weighted by Gasteiger charge is 2.07. The van der Waals surface area contributed by atoms with E-state index < -0.39 is 0 Å². The van der Waals surface area contributed by atoms with Crippen molar-refractivity contribution in [3.8, 4) is 0 Å². The van der Waals surface area contributed by atoms with Gasteiger partial charge in [-0.15, -0.1) is 11.3 Å².